The highest BCUT2D eigenvalue weighted by molar-refractivity contribution is 5.78. The third-order valence-corrected chi connectivity index (χ3v) is 3.76. The van der Waals surface area contributed by atoms with E-state index in [0.717, 1.165) is 28.9 Å². The molecule has 0 heterocycles. The summed E-state index contributed by atoms with van der Waals surface area (Å²) in [6.45, 7) is 0.509. The van der Waals surface area contributed by atoms with Crippen molar-refractivity contribution in [3.8, 4) is 5.75 Å². The van der Waals surface area contributed by atoms with E-state index in [4.69, 9.17) is 4.74 Å². The zero-order valence-electron chi connectivity index (χ0n) is 11.1. The van der Waals surface area contributed by atoms with E-state index in [1.165, 1.54) is 0 Å². The van der Waals surface area contributed by atoms with Crippen LogP contribution >= 0.6 is 0 Å². The summed E-state index contributed by atoms with van der Waals surface area (Å²) in [5.74, 6) is -0.315. The van der Waals surface area contributed by atoms with Gasteiger partial charge in [-0.3, -0.25) is 4.79 Å². The first kappa shape index (κ1) is 12.7. The Morgan fingerprint density at radius 1 is 1.15 bits per heavy atom. The standard InChI is InChI=1S/C17H16O3/c18-17(19)15-10-9-14-13(15)7-4-8-16(14)20-11-12-5-2-1-3-6-12/h1-8,15H,9-11H2,(H,18,19). The molecule has 2 aromatic carbocycles. The second kappa shape index (κ2) is 5.37. The van der Waals surface area contributed by atoms with Gasteiger partial charge in [-0.15, -0.1) is 0 Å². The molecular formula is C17H16O3. The van der Waals surface area contributed by atoms with E-state index in [0.29, 0.717) is 13.0 Å². The largest absolute Gasteiger partial charge is 0.489 e. The Hall–Kier alpha value is -2.29. The van der Waals surface area contributed by atoms with Gasteiger partial charge in [0, 0.05) is 0 Å². The van der Waals surface area contributed by atoms with Crippen molar-refractivity contribution in [2.24, 2.45) is 0 Å². The lowest BCUT2D eigenvalue weighted by Crippen LogP contribution is -2.07. The third-order valence-electron chi connectivity index (χ3n) is 3.76. The van der Waals surface area contributed by atoms with Gasteiger partial charge in [0.05, 0.1) is 5.92 Å². The van der Waals surface area contributed by atoms with Crippen LogP contribution in [0, 0.1) is 0 Å². The van der Waals surface area contributed by atoms with Crippen molar-refractivity contribution < 1.29 is 14.6 Å². The molecule has 2 aromatic rings. The Kier molecular flexibility index (Phi) is 3.42. The minimum atomic E-state index is -0.746. The quantitative estimate of drug-likeness (QED) is 0.924. The van der Waals surface area contributed by atoms with Crippen LogP contribution in [-0.2, 0) is 17.8 Å². The topological polar surface area (TPSA) is 46.5 Å². The zero-order valence-corrected chi connectivity index (χ0v) is 11.1. The fourth-order valence-electron chi connectivity index (χ4n) is 2.75. The molecular weight excluding hydrogens is 252 g/mol. The fourth-order valence-corrected chi connectivity index (χ4v) is 2.75. The van der Waals surface area contributed by atoms with E-state index in [9.17, 15) is 9.90 Å². The van der Waals surface area contributed by atoms with E-state index >= 15 is 0 Å². The van der Waals surface area contributed by atoms with Gasteiger partial charge in [0.2, 0.25) is 0 Å². The van der Waals surface area contributed by atoms with Gasteiger partial charge in [0.25, 0.3) is 0 Å². The summed E-state index contributed by atoms with van der Waals surface area (Å²) in [7, 11) is 0. The number of carbonyl (C=O) groups is 1. The van der Waals surface area contributed by atoms with E-state index in [1.807, 2.05) is 48.5 Å². The Morgan fingerprint density at radius 2 is 1.95 bits per heavy atom. The first-order valence-corrected chi connectivity index (χ1v) is 6.77. The van der Waals surface area contributed by atoms with E-state index < -0.39 is 5.97 Å². The molecule has 1 unspecified atom stereocenters. The molecule has 102 valence electrons. The summed E-state index contributed by atoms with van der Waals surface area (Å²) in [5.41, 5.74) is 3.07. The van der Waals surface area contributed by atoms with Crippen LogP contribution in [0.5, 0.6) is 5.75 Å². The number of rotatable bonds is 4. The van der Waals surface area contributed by atoms with Crippen molar-refractivity contribution in [2.75, 3.05) is 0 Å². The number of benzene rings is 2. The van der Waals surface area contributed by atoms with Gasteiger partial charge in [-0.05, 0) is 35.6 Å². The van der Waals surface area contributed by atoms with Crippen molar-refractivity contribution in [2.45, 2.75) is 25.4 Å². The number of carboxylic acid groups (broad SMARTS) is 1. The van der Waals surface area contributed by atoms with Gasteiger partial charge < -0.3 is 9.84 Å². The predicted molar refractivity (Wildman–Crippen MR) is 75.9 cm³/mol. The summed E-state index contributed by atoms with van der Waals surface area (Å²) >= 11 is 0. The van der Waals surface area contributed by atoms with E-state index in [-0.39, 0.29) is 5.92 Å². The Morgan fingerprint density at radius 3 is 2.70 bits per heavy atom. The summed E-state index contributed by atoms with van der Waals surface area (Å²) < 4.78 is 5.87. The highest BCUT2D eigenvalue weighted by atomic mass is 16.5. The van der Waals surface area contributed by atoms with Crippen LogP contribution in [-0.4, -0.2) is 11.1 Å². The fraction of sp³-hybridized carbons (Fsp3) is 0.235. The lowest BCUT2D eigenvalue weighted by atomic mass is 10.0. The highest BCUT2D eigenvalue weighted by Gasteiger charge is 2.30. The molecule has 0 fully saturated rings. The van der Waals surface area contributed by atoms with Gasteiger partial charge in [-0.25, -0.2) is 0 Å². The van der Waals surface area contributed by atoms with E-state index in [1.54, 1.807) is 0 Å². The molecule has 1 aliphatic rings. The maximum absolute atomic E-state index is 11.2. The third kappa shape index (κ3) is 2.39. The molecule has 0 radical (unpaired) electrons. The summed E-state index contributed by atoms with van der Waals surface area (Å²) in [6.07, 6.45) is 1.44. The number of hydrogen-bond acceptors (Lipinski definition) is 2. The van der Waals surface area contributed by atoms with Crippen LogP contribution < -0.4 is 4.74 Å². The SMILES string of the molecule is O=C(O)C1CCc2c(OCc3ccccc3)cccc21. The van der Waals surface area contributed by atoms with Crippen LogP contribution in [0.2, 0.25) is 0 Å². The molecule has 0 saturated heterocycles. The number of fused-ring (bicyclic) bond motifs is 1. The zero-order chi connectivity index (χ0) is 13.9. The second-order valence-corrected chi connectivity index (χ2v) is 5.03. The first-order chi connectivity index (χ1) is 9.75. The molecule has 0 amide bonds. The molecule has 0 aromatic heterocycles. The van der Waals surface area contributed by atoms with Crippen molar-refractivity contribution >= 4 is 5.97 Å². The minimum Gasteiger partial charge on any atom is -0.489 e. The van der Waals surface area contributed by atoms with Crippen molar-refractivity contribution in [3.63, 3.8) is 0 Å². The van der Waals surface area contributed by atoms with Crippen LogP contribution in [0.4, 0.5) is 0 Å². The molecule has 0 saturated carbocycles. The number of carboxylic acids is 1. The summed E-state index contributed by atoms with van der Waals surface area (Å²) in [5, 5.41) is 9.22. The Bertz CT molecular complexity index is 619. The van der Waals surface area contributed by atoms with Gasteiger partial charge in [0.1, 0.15) is 12.4 Å². The van der Waals surface area contributed by atoms with Crippen molar-refractivity contribution in [1.82, 2.24) is 0 Å². The Labute approximate surface area is 117 Å². The highest BCUT2D eigenvalue weighted by Crippen LogP contribution is 2.38. The molecule has 1 N–H and O–H groups in total. The van der Waals surface area contributed by atoms with Gasteiger partial charge in [-0.1, -0.05) is 42.5 Å². The minimum absolute atomic E-state index is 0.384. The van der Waals surface area contributed by atoms with Gasteiger partial charge in [0.15, 0.2) is 0 Å². The average molecular weight is 268 g/mol. The van der Waals surface area contributed by atoms with Crippen LogP contribution in [0.1, 0.15) is 29.0 Å². The molecule has 1 aliphatic carbocycles. The molecule has 3 nitrogen and oxygen atoms in total. The maximum Gasteiger partial charge on any atom is 0.310 e. The van der Waals surface area contributed by atoms with Crippen LogP contribution in [0.3, 0.4) is 0 Å². The molecule has 3 rings (SSSR count). The molecule has 20 heavy (non-hydrogen) atoms. The lowest BCUT2D eigenvalue weighted by molar-refractivity contribution is -0.138. The number of hydrogen-bond donors (Lipinski definition) is 1. The normalized spacial score (nSPS) is 16.7. The monoisotopic (exact) mass is 268 g/mol. The van der Waals surface area contributed by atoms with Gasteiger partial charge >= 0.3 is 5.97 Å². The van der Waals surface area contributed by atoms with Crippen molar-refractivity contribution in [3.05, 3.63) is 65.2 Å². The predicted octanol–water partition coefficient (Wildman–Crippen LogP) is 3.38. The van der Waals surface area contributed by atoms with Gasteiger partial charge in [-0.2, -0.15) is 0 Å². The lowest BCUT2D eigenvalue weighted by Gasteiger charge is -2.11. The van der Waals surface area contributed by atoms with Crippen LogP contribution in [0.15, 0.2) is 48.5 Å². The first-order valence-electron chi connectivity index (χ1n) is 6.77. The number of ether oxygens (including phenoxy) is 1. The molecule has 0 bridgehead atoms. The molecule has 0 aliphatic heterocycles. The second-order valence-electron chi connectivity index (χ2n) is 5.03. The molecule has 0 spiro atoms. The van der Waals surface area contributed by atoms with Crippen molar-refractivity contribution in [1.29, 1.82) is 0 Å². The average Bonchev–Trinajstić information content (AvgIpc) is 2.91. The smallest absolute Gasteiger partial charge is 0.310 e. The Balaban J connectivity index is 1.80. The molecule has 3 heteroatoms. The maximum atomic E-state index is 11.2. The summed E-state index contributed by atoms with van der Waals surface area (Å²) in [4.78, 5) is 11.2. The summed E-state index contributed by atoms with van der Waals surface area (Å²) in [6, 6.07) is 15.7. The van der Waals surface area contributed by atoms with E-state index in [2.05, 4.69) is 0 Å². The van der Waals surface area contributed by atoms with Crippen LogP contribution in [0.25, 0.3) is 0 Å². The molecule has 1 atom stereocenters. The number of aliphatic carboxylic acids is 1.